The van der Waals surface area contributed by atoms with Crippen LogP contribution in [0.3, 0.4) is 0 Å². The van der Waals surface area contributed by atoms with Crippen LogP contribution >= 0.6 is 35.4 Å². The van der Waals surface area contributed by atoms with E-state index in [0.717, 1.165) is 148 Å². The first-order valence-corrected chi connectivity index (χ1v) is 52.9. The Hall–Kier alpha value is -12.9. The van der Waals surface area contributed by atoms with E-state index in [9.17, 15) is 78.8 Å². The van der Waals surface area contributed by atoms with E-state index in [2.05, 4.69) is 19.6 Å². The van der Waals surface area contributed by atoms with Gasteiger partial charge < -0.3 is 17.7 Å². The van der Waals surface area contributed by atoms with Crippen molar-refractivity contribution in [1.29, 1.82) is 0 Å². The van der Waals surface area contributed by atoms with Crippen LogP contribution in [-0.2, 0) is 70.0 Å². The van der Waals surface area contributed by atoms with Crippen LogP contribution in [0, 0.1) is 37.1 Å². The number of oxazole rings is 4. The molecule has 0 radical (unpaired) electrons. The van der Waals surface area contributed by atoms with Gasteiger partial charge in [0.2, 0.25) is 20.0 Å². The maximum atomic E-state index is 14.2. The van der Waals surface area contributed by atoms with Crippen LogP contribution in [-0.4, -0.2) is 105 Å². The molecule has 0 amide bonds. The number of anilines is 1. The summed E-state index contributed by atoms with van der Waals surface area (Å²) in [5.74, 6) is -0.983. The van der Waals surface area contributed by atoms with Crippen molar-refractivity contribution in [3.05, 3.63) is 356 Å². The number of aromatic nitrogens is 4. The second-order valence-corrected chi connectivity index (χ2v) is 43.1. The highest BCUT2D eigenvalue weighted by molar-refractivity contribution is 7.99. The molecule has 38 heteroatoms. The lowest BCUT2D eigenvalue weighted by atomic mass is 9.85. The SMILES string of the molecule is COOSc1ccc(C2=C(c3ccccc3)C(=O)CC2)cc1.CS(=O)(=O)Nc1cc2c(cc1Sc1ccc(F)cc1F)C(=O)CC2.CS(=O)(=O)c1ccc(-c2coc(=O)n2-c2ccc(Cl)cc2)cc1.CS(=O)(=O)c1ccc(-c2coc(=O)n2-c2ccc(F)cc2)cc1.Cc1nc(-c2ccccc2)c(-c2ccc(S(N)(=O)=O)cc2)o1.Cc1nc(C2CCCCC2)c(-c2ccc(S(C)(=O)=O)c(F)c2)o1. The number of carbonyl (C=O) groups is 2. The monoisotopic (exact) mass is 2010 g/mol. The molecular formula is C99H87ClF4N6O20S7. The summed E-state index contributed by atoms with van der Waals surface area (Å²) in [6, 6.07) is 68.7. The fraction of sp³-hybridized carbons (Fsp3) is 0.172. The number of ketones is 2. The van der Waals surface area contributed by atoms with Crippen molar-refractivity contribution in [2.45, 2.75) is 112 Å². The number of nitrogens with two attached hydrogens (primary N) is 1. The molecule has 0 unspecified atom stereocenters. The molecule has 26 nitrogen and oxygen atoms in total. The van der Waals surface area contributed by atoms with Gasteiger partial charge in [0.05, 0.1) is 74.2 Å². The van der Waals surface area contributed by atoms with Gasteiger partial charge in [-0.1, -0.05) is 140 Å². The first kappa shape index (κ1) is 102. The average molecular weight is 2020 g/mol. The molecule has 1 fully saturated rings. The summed E-state index contributed by atoms with van der Waals surface area (Å²) in [5.41, 5.74) is 12.7. The molecule has 3 aliphatic rings. The summed E-state index contributed by atoms with van der Waals surface area (Å²) in [7, 11) is -15.9. The second kappa shape index (κ2) is 44.0. The minimum absolute atomic E-state index is 0.0302. The van der Waals surface area contributed by atoms with E-state index in [1.165, 1.54) is 114 Å². The van der Waals surface area contributed by atoms with Crippen LogP contribution in [0.25, 0.3) is 78.9 Å². The fourth-order valence-electron chi connectivity index (χ4n) is 15.1. The lowest BCUT2D eigenvalue weighted by molar-refractivity contribution is -0.160. The van der Waals surface area contributed by atoms with E-state index in [-0.39, 0.29) is 41.7 Å². The van der Waals surface area contributed by atoms with Crippen LogP contribution in [0.5, 0.6) is 0 Å². The number of halogens is 5. The predicted molar refractivity (Wildman–Crippen MR) is 516 cm³/mol. The van der Waals surface area contributed by atoms with Crippen LogP contribution in [0.1, 0.15) is 102 Å². The van der Waals surface area contributed by atoms with Gasteiger partial charge in [0.1, 0.15) is 46.4 Å². The highest BCUT2D eigenvalue weighted by Gasteiger charge is 2.30. The Labute approximate surface area is 800 Å². The van der Waals surface area contributed by atoms with Gasteiger partial charge in [-0.05, 0) is 200 Å². The molecule has 15 aromatic rings. The number of aryl methyl sites for hydroxylation is 3. The third-order valence-electron chi connectivity index (χ3n) is 21.5. The van der Waals surface area contributed by atoms with Gasteiger partial charge in [-0.15, -0.1) is 0 Å². The molecule has 0 saturated heterocycles. The van der Waals surface area contributed by atoms with Crippen LogP contribution in [0.2, 0.25) is 5.02 Å². The van der Waals surface area contributed by atoms with Crippen molar-refractivity contribution in [3.63, 3.8) is 0 Å². The number of sulfone groups is 3. The van der Waals surface area contributed by atoms with E-state index < -0.39 is 84.3 Å². The first-order chi connectivity index (χ1) is 65.0. The molecule has 137 heavy (non-hydrogen) atoms. The number of sulfonamides is 2. The normalized spacial score (nSPS) is 13.3. The number of primary sulfonamides is 1. The van der Waals surface area contributed by atoms with E-state index in [0.29, 0.717) is 103 Å². The number of fused-ring (bicyclic) bond motifs is 1. The van der Waals surface area contributed by atoms with E-state index >= 15 is 0 Å². The third-order valence-corrected chi connectivity index (χ3v) is 28.4. The minimum Gasteiger partial charge on any atom is -0.441 e. The molecule has 710 valence electrons. The van der Waals surface area contributed by atoms with Gasteiger partial charge in [0, 0.05) is 116 Å². The number of nitrogens with zero attached hydrogens (tertiary/aromatic N) is 4. The van der Waals surface area contributed by atoms with Crippen molar-refractivity contribution in [1.82, 2.24) is 19.1 Å². The number of hydrogen-bond acceptors (Lipinski definition) is 24. The molecule has 1 saturated carbocycles. The summed E-state index contributed by atoms with van der Waals surface area (Å²) in [6.45, 7) is 3.55. The maximum Gasteiger partial charge on any atom is 0.424 e. The molecule has 4 aromatic heterocycles. The molecule has 0 atom stereocenters. The van der Waals surface area contributed by atoms with E-state index in [4.69, 9.17) is 38.7 Å². The largest absolute Gasteiger partial charge is 0.441 e. The van der Waals surface area contributed by atoms with Crippen LogP contribution in [0.15, 0.2) is 329 Å². The second-order valence-electron chi connectivity index (χ2n) is 31.5. The number of rotatable bonds is 21. The topological polar surface area (TPSA) is 384 Å². The fourth-order valence-corrected chi connectivity index (χ4v) is 19.7. The molecule has 0 bridgehead atoms. The van der Waals surface area contributed by atoms with Crippen LogP contribution in [0.4, 0.5) is 23.2 Å². The Morgan fingerprint density at radius 1 is 0.474 bits per heavy atom. The average Bonchev–Trinajstić information content (AvgIpc) is 1.72. The highest BCUT2D eigenvalue weighted by Crippen LogP contribution is 2.44. The van der Waals surface area contributed by atoms with Crippen molar-refractivity contribution < 1.29 is 96.1 Å². The van der Waals surface area contributed by atoms with Gasteiger partial charge in [-0.3, -0.25) is 14.3 Å². The van der Waals surface area contributed by atoms with E-state index in [1.54, 1.807) is 92.7 Å². The van der Waals surface area contributed by atoms with Crippen molar-refractivity contribution >= 4 is 113 Å². The summed E-state index contributed by atoms with van der Waals surface area (Å²) < 4.78 is 200. The van der Waals surface area contributed by atoms with Gasteiger partial charge in [0.15, 0.2) is 64.4 Å². The van der Waals surface area contributed by atoms with E-state index in [1.807, 2.05) is 84.9 Å². The lowest BCUT2D eigenvalue weighted by Crippen LogP contribution is -2.13. The van der Waals surface area contributed by atoms with Crippen LogP contribution < -0.4 is 21.4 Å². The molecule has 3 N–H and O–H groups in total. The maximum absolute atomic E-state index is 14.2. The standard InChI is InChI=1S/C18H16O3S.C17H20FNO3S.C16H12ClNO4S.C16H13F2NO3S2.C16H12FNO4S.C16H14N2O3S/c1-20-21-22-15-9-7-13(8-10-15)16-11-12-17(19)18(16)14-5-3-2-4-6-14;1-11-19-16(12-6-4-3-5-7-12)17(22-11)13-8-9-15(14(18)10-13)23(2,20)21;1-23(20,21)14-8-2-11(3-9-14)15-10-22-16(19)18(15)13-6-4-12(17)5-7-13;1-24(21,22)19-13-6-9-2-4-14(20)11(9)8-16(13)23-15-5-3-10(17)7-12(15)18;1-23(20,21)14-8-2-11(3-9-14)15-10-22-16(19)18(15)13-6-4-12(17)5-7-13;1-11-18-15(12-5-3-2-4-6-12)16(21-11)13-7-9-14(10-8-13)22(17,19)20/h2-10H,11-12H2,1H3;8-10,12H,3-7H2,1-2H3;2-10H,1H3;3,5-8,19H,2,4H2,1H3;2-10H,1H3;2-10H,1H3,(H2,17,19,20). The molecule has 18 rings (SSSR count). The molecular weight excluding hydrogens is 1930 g/mol. The van der Waals surface area contributed by atoms with Crippen molar-refractivity contribution in [2.75, 3.05) is 36.9 Å². The highest BCUT2D eigenvalue weighted by atomic mass is 35.5. The number of nitrogens with one attached hydrogen (secondary N) is 1. The summed E-state index contributed by atoms with van der Waals surface area (Å²) in [4.78, 5) is 63.2. The number of benzene rings is 11. The summed E-state index contributed by atoms with van der Waals surface area (Å²) in [5, 5.41) is 5.67. The van der Waals surface area contributed by atoms with Gasteiger partial charge in [0.25, 0.3) is 0 Å². The van der Waals surface area contributed by atoms with Gasteiger partial charge in [-0.25, -0.2) is 98.4 Å². The molecule has 11 aromatic carbocycles. The zero-order valence-electron chi connectivity index (χ0n) is 74.1. The summed E-state index contributed by atoms with van der Waals surface area (Å²) >= 11 is 7.96. The lowest BCUT2D eigenvalue weighted by Gasteiger charge is -2.20. The quantitative estimate of drug-likeness (QED) is 0.0292. The Kier molecular flexibility index (Phi) is 32.6. The van der Waals surface area contributed by atoms with Gasteiger partial charge in [-0.2, -0.15) is 4.33 Å². The number of Topliss-reactive ketones (excluding diaryl/α,β-unsaturated/α-hetero) is 2. The Bertz CT molecular complexity index is 7540. The molecule has 3 aliphatic carbocycles. The summed E-state index contributed by atoms with van der Waals surface area (Å²) in [6.07, 6.45) is 14.9. The van der Waals surface area contributed by atoms with Gasteiger partial charge >= 0.3 is 11.5 Å². The Morgan fingerprint density at radius 3 is 1.50 bits per heavy atom. The third kappa shape index (κ3) is 26.3. The smallest absolute Gasteiger partial charge is 0.424 e. The predicted octanol–water partition coefficient (Wildman–Crippen LogP) is 21.2. The Balaban J connectivity index is 0.000000139. The molecule has 4 heterocycles. The number of hydrogen-bond donors (Lipinski definition) is 2. The molecule has 0 aliphatic heterocycles. The zero-order valence-corrected chi connectivity index (χ0v) is 80.6. The first-order valence-electron chi connectivity index (χ1n) is 41.8. The van der Waals surface area contributed by atoms with Crippen molar-refractivity contribution in [3.8, 4) is 67.8 Å². The molecule has 0 spiro atoms. The number of carbonyl (C=O) groups excluding carboxylic acids is 2. The zero-order chi connectivity index (χ0) is 98.4. The van der Waals surface area contributed by atoms with Crippen molar-refractivity contribution in [2.24, 2.45) is 5.14 Å². The Morgan fingerprint density at radius 2 is 0.978 bits per heavy atom. The number of allylic oxidation sites excluding steroid dienone is 2. The minimum atomic E-state index is -3.71.